The van der Waals surface area contributed by atoms with Crippen LogP contribution >= 0.6 is 11.3 Å². The fourth-order valence-electron chi connectivity index (χ4n) is 2.78. The van der Waals surface area contributed by atoms with E-state index < -0.39 is 0 Å². The Morgan fingerprint density at radius 1 is 1.18 bits per heavy atom. The summed E-state index contributed by atoms with van der Waals surface area (Å²) in [6, 6.07) is 8.68. The molecule has 0 bridgehead atoms. The summed E-state index contributed by atoms with van der Waals surface area (Å²) in [7, 11) is 4.25. The molecule has 3 aromatic rings. The average molecular weight is 311 g/mol. The van der Waals surface area contributed by atoms with Gasteiger partial charge in [-0.05, 0) is 37.5 Å². The van der Waals surface area contributed by atoms with Crippen molar-refractivity contribution in [1.82, 2.24) is 14.9 Å². The third-order valence-corrected chi connectivity index (χ3v) is 5.20. The third kappa shape index (κ3) is 3.03. The summed E-state index contributed by atoms with van der Waals surface area (Å²) >= 11 is 1.91. The van der Waals surface area contributed by atoms with Gasteiger partial charge in [-0.15, -0.1) is 11.3 Å². The molecule has 3 nitrogen and oxygen atoms in total. The molecule has 22 heavy (non-hydrogen) atoms. The lowest BCUT2D eigenvalue weighted by molar-refractivity contribution is 0.414. The van der Waals surface area contributed by atoms with Crippen molar-refractivity contribution in [2.45, 2.75) is 19.3 Å². The number of fused-ring (bicyclic) bond motifs is 1. The molecular weight excluding hydrogens is 290 g/mol. The van der Waals surface area contributed by atoms with Crippen molar-refractivity contribution in [2.24, 2.45) is 0 Å². The van der Waals surface area contributed by atoms with Gasteiger partial charge in [0.15, 0.2) is 0 Å². The van der Waals surface area contributed by atoms with E-state index in [2.05, 4.69) is 60.2 Å². The van der Waals surface area contributed by atoms with Gasteiger partial charge in [0.2, 0.25) is 0 Å². The lowest BCUT2D eigenvalue weighted by atomic mass is 9.94. The van der Waals surface area contributed by atoms with Crippen LogP contribution in [0.2, 0.25) is 0 Å². The van der Waals surface area contributed by atoms with Crippen molar-refractivity contribution >= 4 is 21.4 Å². The molecule has 0 fully saturated rings. The second-order valence-electron chi connectivity index (χ2n) is 5.84. The lowest BCUT2D eigenvalue weighted by Gasteiger charge is -2.14. The number of hydrogen-bond donors (Lipinski definition) is 0. The van der Waals surface area contributed by atoms with E-state index in [0.29, 0.717) is 0 Å². The van der Waals surface area contributed by atoms with Crippen LogP contribution in [0.3, 0.4) is 0 Å². The van der Waals surface area contributed by atoms with Gasteiger partial charge < -0.3 is 4.90 Å². The molecule has 0 amide bonds. The van der Waals surface area contributed by atoms with Gasteiger partial charge in [-0.1, -0.05) is 25.1 Å². The van der Waals surface area contributed by atoms with Crippen LogP contribution in [0.1, 0.15) is 29.0 Å². The van der Waals surface area contributed by atoms with Crippen molar-refractivity contribution in [3.8, 4) is 0 Å². The highest BCUT2D eigenvalue weighted by Gasteiger charge is 2.20. The van der Waals surface area contributed by atoms with Gasteiger partial charge in [-0.2, -0.15) is 0 Å². The minimum Gasteiger partial charge on any atom is -0.309 e. The Bertz CT molecular complexity index is 749. The normalized spacial score (nSPS) is 12.9. The number of aromatic nitrogens is 2. The Morgan fingerprint density at radius 2 is 2.00 bits per heavy atom. The molecule has 3 rings (SSSR count). The van der Waals surface area contributed by atoms with Crippen LogP contribution in [0.5, 0.6) is 0 Å². The Kier molecular flexibility index (Phi) is 4.50. The molecule has 0 aliphatic rings. The van der Waals surface area contributed by atoms with Gasteiger partial charge >= 0.3 is 0 Å². The first kappa shape index (κ1) is 15.1. The van der Waals surface area contributed by atoms with Crippen LogP contribution in [0.15, 0.2) is 42.9 Å². The first-order chi connectivity index (χ1) is 10.7. The van der Waals surface area contributed by atoms with E-state index in [9.17, 15) is 0 Å². The quantitative estimate of drug-likeness (QED) is 0.714. The summed E-state index contributed by atoms with van der Waals surface area (Å²) < 4.78 is 1.36. The third-order valence-electron chi connectivity index (χ3n) is 3.96. The smallest absolute Gasteiger partial charge is 0.0659 e. The summed E-state index contributed by atoms with van der Waals surface area (Å²) in [5, 5.41) is 1.36. The zero-order chi connectivity index (χ0) is 15.5. The Labute approximate surface area is 135 Å². The molecule has 0 N–H and O–H groups in total. The van der Waals surface area contributed by atoms with E-state index in [4.69, 9.17) is 0 Å². The molecule has 4 heteroatoms. The fourth-order valence-corrected chi connectivity index (χ4v) is 4.07. The largest absolute Gasteiger partial charge is 0.309 e. The zero-order valence-electron chi connectivity index (χ0n) is 13.3. The molecule has 0 saturated carbocycles. The molecule has 1 atom stereocenters. The molecule has 114 valence electrons. The second-order valence-corrected chi connectivity index (χ2v) is 6.98. The highest BCUT2D eigenvalue weighted by Crippen LogP contribution is 2.38. The van der Waals surface area contributed by atoms with Crippen LogP contribution in [0, 0.1) is 0 Å². The Morgan fingerprint density at radius 3 is 2.73 bits per heavy atom. The van der Waals surface area contributed by atoms with Crippen molar-refractivity contribution in [1.29, 1.82) is 0 Å². The van der Waals surface area contributed by atoms with E-state index in [1.165, 1.54) is 20.5 Å². The van der Waals surface area contributed by atoms with Crippen LogP contribution in [-0.2, 0) is 6.42 Å². The highest BCUT2D eigenvalue weighted by atomic mass is 32.1. The van der Waals surface area contributed by atoms with Crippen molar-refractivity contribution in [3.05, 3.63) is 59.0 Å². The molecule has 2 aromatic heterocycles. The maximum absolute atomic E-state index is 4.51. The first-order valence-corrected chi connectivity index (χ1v) is 8.39. The van der Waals surface area contributed by atoms with Gasteiger partial charge in [0.25, 0.3) is 0 Å². The Hall–Kier alpha value is -1.78. The molecular formula is C18H21N3S. The van der Waals surface area contributed by atoms with E-state index in [-0.39, 0.29) is 5.92 Å². The summed E-state index contributed by atoms with van der Waals surface area (Å²) in [5.74, 6) is 0.266. The summed E-state index contributed by atoms with van der Waals surface area (Å²) in [6.07, 6.45) is 6.47. The molecule has 0 radical (unpaired) electrons. The van der Waals surface area contributed by atoms with Crippen LogP contribution in [0.25, 0.3) is 10.1 Å². The van der Waals surface area contributed by atoms with Crippen LogP contribution in [-0.4, -0.2) is 35.5 Å². The predicted molar refractivity (Wildman–Crippen MR) is 93.6 cm³/mol. The fraction of sp³-hybridized carbons (Fsp3) is 0.333. The lowest BCUT2D eigenvalue weighted by Crippen LogP contribution is -2.15. The predicted octanol–water partition coefficient (Wildman–Crippen LogP) is 3.95. The maximum atomic E-state index is 4.51. The average Bonchev–Trinajstić information content (AvgIpc) is 2.91. The number of benzene rings is 1. The summed E-state index contributed by atoms with van der Waals surface area (Å²) in [6.45, 7) is 3.30. The minimum atomic E-state index is 0.266. The van der Waals surface area contributed by atoms with E-state index in [1.54, 1.807) is 12.4 Å². The number of nitrogens with zero attached hydrogens (tertiary/aromatic N) is 3. The van der Waals surface area contributed by atoms with Gasteiger partial charge in [0.05, 0.1) is 5.69 Å². The van der Waals surface area contributed by atoms with E-state index in [1.807, 2.05) is 17.5 Å². The number of thiophene rings is 1. The van der Waals surface area contributed by atoms with Gasteiger partial charge in [0, 0.05) is 40.6 Å². The maximum Gasteiger partial charge on any atom is 0.0659 e. The van der Waals surface area contributed by atoms with Crippen molar-refractivity contribution < 1.29 is 0 Å². The zero-order valence-corrected chi connectivity index (χ0v) is 14.1. The highest BCUT2D eigenvalue weighted by molar-refractivity contribution is 7.19. The molecule has 1 aromatic carbocycles. The first-order valence-electron chi connectivity index (χ1n) is 7.57. The molecule has 0 aliphatic heterocycles. The number of hydrogen-bond acceptors (Lipinski definition) is 4. The van der Waals surface area contributed by atoms with Crippen LogP contribution in [0.4, 0.5) is 0 Å². The topological polar surface area (TPSA) is 29.0 Å². The molecule has 2 heterocycles. The number of rotatable bonds is 5. The SMILES string of the molecule is C[C@@H](c1cnccn1)c1c(CCN(C)C)sc2ccccc12. The molecule has 0 aliphatic carbocycles. The summed E-state index contributed by atoms with van der Waals surface area (Å²) in [5.41, 5.74) is 2.46. The molecule has 0 unspecified atom stereocenters. The van der Waals surface area contributed by atoms with E-state index in [0.717, 1.165) is 18.7 Å². The van der Waals surface area contributed by atoms with E-state index >= 15 is 0 Å². The van der Waals surface area contributed by atoms with Gasteiger partial charge in [-0.3, -0.25) is 9.97 Å². The molecule has 0 saturated heterocycles. The van der Waals surface area contributed by atoms with Gasteiger partial charge in [0.1, 0.15) is 0 Å². The van der Waals surface area contributed by atoms with Gasteiger partial charge in [-0.25, -0.2) is 0 Å². The monoisotopic (exact) mass is 311 g/mol. The standard InChI is InChI=1S/C18H21N3S/c1-13(15-12-19-9-10-20-15)18-14-6-4-5-7-16(14)22-17(18)8-11-21(2)3/h4-7,9-10,12-13H,8,11H2,1-3H3/t13-/m0/s1. The Balaban J connectivity index is 2.07. The van der Waals surface area contributed by atoms with Crippen molar-refractivity contribution in [3.63, 3.8) is 0 Å². The minimum absolute atomic E-state index is 0.266. The second kappa shape index (κ2) is 6.55. The van der Waals surface area contributed by atoms with Crippen LogP contribution < -0.4 is 0 Å². The molecule has 0 spiro atoms. The summed E-state index contributed by atoms with van der Waals surface area (Å²) in [4.78, 5) is 12.4. The number of likely N-dealkylation sites (N-methyl/N-ethyl adjacent to an activating group) is 1. The van der Waals surface area contributed by atoms with Crippen molar-refractivity contribution in [2.75, 3.05) is 20.6 Å².